The molecule has 0 aliphatic heterocycles. The highest BCUT2D eigenvalue weighted by atomic mass is 35.5. The molecule has 1 aromatic heterocycles. The van der Waals surface area contributed by atoms with Gasteiger partial charge in [0, 0.05) is 11.9 Å². The molecule has 1 atom stereocenters. The van der Waals surface area contributed by atoms with Crippen molar-refractivity contribution < 1.29 is 4.79 Å². The second-order valence-corrected chi connectivity index (χ2v) is 5.59. The Labute approximate surface area is 105 Å². The fourth-order valence-electron chi connectivity index (χ4n) is 1.47. The van der Waals surface area contributed by atoms with Gasteiger partial charge in [-0.3, -0.25) is 4.79 Å². The Kier molecular flexibility index (Phi) is 5.25. The van der Waals surface area contributed by atoms with E-state index in [2.05, 4.69) is 0 Å². The molecule has 0 bridgehead atoms. The summed E-state index contributed by atoms with van der Waals surface area (Å²) in [4.78, 5) is 14.5. The third-order valence-corrected chi connectivity index (χ3v) is 3.53. The van der Waals surface area contributed by atoms with Gasteiger partial charge in [0.1, 0.15) is 0 Å². The zero-order chi connectivity index (χ0) is 12.1. The fraction of sp³-hybridized carbons (Fsp3) is 0.545. The van der Waals surface area contributed by atoms with E-state index in [-0.39, 0.29) is 11.9 Å². The lowest BCUT2D eigenvalue weighted by Gasteiger charge is -2.20. The van der Waals surface area contributed by atoms with E-state index in [4.69, 9.17) is 17.3 Å². The smallest absolute Gasteiger partial charge is 0.239 e. The second kappa shape index (κ2) is 6.23. The topological polar surface area (TPSA) is 46.3 Å². The number of hydrogen-bond donors (Lipinski definition) is 1. The quantitative estimate of drug-likeness (QED) is 0.884. The van der Waals surface area contributed by atoms with Crippen LogP contribution in [0, 0.1) is 0 Å². The maximum absolute atomic E-state index is 11.8. The molecule has 0 saturated heterocycles. The number of carbonyl (C=O) groups excluding carboxylic acids is 1. The third-order valence-electron chi connectivity index (χ3n) is 2.31. The summed E-state index contributed by atoms with van der Waals surface area (Å²) in [6.45, 7) is 2.60. The molecule has 16 heavy (non-hydrogen) atoms. The van der Waals surface area contributed by atoms with Crippen LogP contribution in [0.2, 0.25) is 4.34 Å². The lowest BCUT2D eigenvalue weighted by molar-refractivity contribution is -0.131. The van der Waals surface area contributed by atoms with Crippen molar-refractivity contribution in [3.8, 4) is 0 Å². The number of halogens is 1. The summed E-state index contributed by atoms with van der Waals surface area (Å²) in [7, 11) is 1.77. The Morgan fingerprint density at radius 3 is 2.81 bits per heavy atom. The highest BCUT2D eigenvalue weighted by molar-refractivity contribution is 7.16. The van der Waals surface area contributed by atoms with Gasteiger partial charge in [-0.2, -0.15) is 0 Å². The Hall–Kier alpha value is -0.580. The van der Waals surface area contributed by atoms with Crippen molar-refractivity contribution in [2.75, 3.05) is 7.05 Å². The van der Waals surface area contributed by atoms with Crippen molar-refractivity contribution in [3.63, 3.8) is 0 Å². The molecule has 5 heteroatoms. The first kappa shape index (κ1) is 13.5. The molecule has 0 saturated carbocycles. The minimum absolute atomic E-state index is 0.00799. The van der Waals surface area contributed by atoms with E-state index in [1.54, 1.807) is 11.9 Å². The van der Waals surface area contributed by atoms with Crippen molar-refractivity contribution in [1.29, 1.82) is 0 Å². The summed E-state index contributed by atoms with van der Waals surface area (Å²) in [5.41, 5.74) is 5.77. The molecule has 1 amide bonds. The zero-order valence-corrected chi connectivity index (χ0v) is 11.1. The molecule has 0 unspecified atom stereocenters. The highest BCUT2D eigenvalue weighted by Crippen LogP contribution is 2.22. The lowest BCUT2D eigenvalue weighted by atomic mass is 10.1. The summed E-state index contributed by atoms with van der Waals surface area (Å²) in [5, 5.41) is 0. The maximum Gasteiger partial charge on any atom is 0.239 e. The third kappa shape index (κ3) is 3.77. The first-order valence-electron chi connectivity index (χ1n) is 5.29. The summed E-state index contributed by atoms with van der Waals surface area (Å²) in [6.07, 6.45) is 1.65. The van der Waals surface area contributed by atoms with Crippen LogP contribution in [0.4, 0.5) is 0 Å². The van der Waals surface area contributed by atoms with Crippen LogP contribution in [0.5, 0.6) is 0 Å². The van der Waals surface area contributed by atoms with Crippen LogP contribution < -0.4 is 5.73 Å². The largest absolute Gasteiger partial charge is 0.339 e. The summed E-state index contributed by atoms with van der Waals surface area (Å²) < 4.78 is 0.744. The zero-order valence-electron chi connectivity index (χ0n) is 9.57. The van der Waals surface area contributed by atoms with Gasteiger partial charge in [-0.15, -0.1) is 11.3 Å². The predicted octanol–water partition coefficient (Wildman–Crippen LogP) is 2.49. The van der Waals surface area contributed by atoms with Crippen LogP contribution in [-0.4, -0.2) is 23.9 Å². The normalized spacial score (nSPS) is 12.5. The fourth-order valence-corrected chi connectivity index (χ4v) is 2.61. The van der Waals surface area contributed by atoms with Crippen LogP contribution in [0.3, 0.4) is 0 Å². The van der Waals surface area contributed by atoms with E-state index in [9.17, 15) is 4.79 Å². The second-order valence-electron chi connectivity index (χ2n) is 3.80. The van der Waals surface area contributed by atoms with E-state index < -0.39 is 0 Å². The monoisotopic (exact) mass is 260 g/mol. The first-order valence-corrected chi connectivity index (χ1v) is 6.48. The Morgan fingerprint density at radius 2 is 2.31 bits per heavy atom. The average Bonchev–Trinajstić information content (AvgIpc) is 2.63. The molecule has 1 aromatic rings. The first-order chi connectivity index (χ1) is 7.54. The number of likely N-dealkylation sites (N-methyl/N-ethyl adjacent to an activating group) is 1. The van der Waals surface area contributed by atoms with E-state index in [1.165, 1.54) is 11.3 Å². The van der Waals surface area contributed by atoms with Gasteiger partial charge in [-0.25, -0.2) is 0 Å². The molecule has 0 spiro atoms. The van der Waals surface area contributed by atoms with Crippen molar-refractivity contribution in [2.45, 2.75) is 32.4 Å². The summed E-state index contributed by atoms with van der Waals surface area (Å²) in [6, 6.07) is 3.39. The van der Waals surface area contributed by atoms with Gasteiger partial charge in [0.15, 0.2) is 0 Å². The molecule has 0 aliphatic carbocycles. The number of nitrogens with zero attached hydrogens (tertiary/aromatic N) is 1. The Morgan fingerprint density at radius 1 is 1.62 bits per heavy atom. The van der Waals surface area contributed by atoms with Gasteiger partial charge >= 0.3 is 0 Å². The number of thiophene rings is 1. The van der Waals surface area contributed by atoms with Crippen LogP contribution in [-0.2, 0) is 11.3 Å². The van der Waals surface area contributed by atoms with Gasteiger partial charge in [0.2, 0.25) is 5.91 Å². The van der Waals surface area contributed by atoms with E-state index in [1.807, 2.05) is 19.1 Å². The molecular formula is C11H17ClN2OS. The maximum atomic E-state index is 11.8. The highest BCUT2D eigenvalue weighted by Gasteiger charge is 2.17. The van der Waals surface area contributed by atoms with Crippen LogP contribution in [0.25, 0.3) is 0 Å². The van der Waals surface area contributed by atoms with Crippen molar-refractivity contribution in [1.82, 2.24) is 4.90 Å². The minimum Gasteiger partial charge on any atom is -0.339 e. The van der Waals surface area contributed by atoms with E-state index in [0.717, 1.165) is 22.1 Å². The van der Waals surface area contributed by atoms with Crippen molar-refractivity contribution in [2.24, 2.45) is 5.73 Å². The number of amides is 1. The van der Waals surface area contributed by atoms with Gasteiger partial charge in [-0.05, 0) is 18.6 Å². The molecule has 0 radical (unpaired) electrons. The van der Waals surface area contributed by atoms with Gasteiger partial charge in [-0.1, -0.05) is 24.9 Å². The van der Waals surface area contributed by atoms with Gasteiger partial charge in [0.25, 0.3) is 0 Å². The van der Waals surface area contributed by atoms with Gasteiger partial charge < -0.3 is 10.6 Å². The van der Waals surface area contributed by atoms with Crippen LogP contribution in [0.15, 0.2) is 12.1 Å². The molecule has 2 N–H and O–H groups in total. The minimum atomic E-state index is -0.384. The van der Waals surface area contributed by atoms with E-state index in [0.29, 0.717) is 6.54 Å². The molecule has 0 fully saturated rings. The van der Waals surface area contributed by atoms with Gasteiger partial charge in [0.05, 0.1) is 16.9 Å². The summed E-state index contributed by atoms with van der Waals surface area (Å²) >= 11 is 7.32. The summed E-state index contributed by atoms with van der Waals surface area (Å²) in [5.74, 6) is -0.00799. The Bertz CT molecular complexity index is 354. The van der Waals surface area contributed by atoms with Crippen molar-refractivity contribution >= 4 is 28.8 Å². The number of rotatable bonds is 5. The molecule has 90 valence electrons. The van der Waals surface area contributed by atoms with Crippen LogP contribution >= 0.6 is 22.9 Å². The molecule has 0 aromatic carbocycles. The Balaban J connectivity index is 2.51. The number of carbonyl (C=O) groups is 1. The van der Waals surface area contributed by atoms with E-state index >= 15 is 0 Å². The SMILES string of the molecule is CCC[C@H](N)C(=O)N(C)Cc1ccc(Cl)s1. The molecule has 0 aliphatic rings. The number of nitrogens with two attached hydrogens (primary N) is 1. The molecular weight excluding hydrogens is 244 g/mol. The molecule has 1 rings (SSSR count). The van der Waals surface area contributed by atoms with Crippen molar-refractivity contribution in [3.05, 3.63) is 21.3 Å². The number of hydrogen-bond acceptors (Lipinski definition) is 3. The van der Waals surface area contributed by atoms with Crippen LogP contribution in [0.1, 0.15) is 24.6 Å². The lowest BCUT2D eigenvalue weighted by Crippen LogP contribution is -2.41. The molecule has 3 nitrogen and oxygen atoms in total. The standard InChI is InChI=1S/C11H17ClN2OS/c1-3-4-9(13)11(15)14(2)7-8-5-6-10(12)16-8/h5-6,9H,3-4,7,13H2,1-2H3/t9-/m0/s1. The average molecular weight is 261 g/mol. The predicted molar refractivity (Wildman–Crippen MR) is 68.7 cm³/mol. The molecule has 1 heterocycles.